The van der Waals surface area contributed by atoms with E-state index in [2.05, 4.69) is 61.5 Å². The second-order valence-electron chi connectivity index (χ2n) is 7.56. The summed E-state index contributed by atoms with van der Waals surface area (Å²) in [5.41, 5.74) is 13.9. The molecule has 2 aromatic carbocycles. The van der Waals surface area contributed by atoms with Crippen molar-refractivity contribution in [2.45, 2.75) is 53.5 Å². The Morgan fingerprint density at radius 2 is 1.82 bits per heavy atom. The molecule has 4 N–H and O–H groups in total. The highest BCUT2D eigenvalue weighted by Crippen LogP contribution is 2.32. The Kier molecular flexibility index (Phi) is 5.73. The fraction of sp³-hybridized carbons (Fsp3) is 0.391. The first-order valence-electron chi connectivity index (χ1n) is 9.96. The molecule has 5 heteroatoms. The van der Waals surface area contributed by atoms with Crippen LogP contribution >= 0.6 is 0 Å². The lowest BCUT2D eigenvalue weighted by Gasteiger charge is -2.21. The third-order valence-electron chi connectivity index (χ3n) is 5.37. The maximum atomic E-state index is 6.10. The standard InChI is InChI=1S/C23H31N5/c1-7-8-17-10-22-20(12-21(17)25-6)23(28-16(5)27-22)26-15(4)19-11-18(24)9-13(2)14(19)3/h9-12,15,25H,7-8,24H2,1-6H3,(H,26,27,28). The van der Waals surface area contributed by atoms with Gasteiger partial charge in [-0.1, -0.05) is 13.3 Å². The molecule has 0 saturated carbocycles. The normalized spacial score (nSPS) is 12.2. The van der Waals surface area contributed by atoms with Gasteiger partial charge in [0.2, 0.25) is 0 Å². The summed E-state index contributed by atoms with van der Waals surface area (Å²) in [6.07, 6.45) is 2.12. The van der Waals surface area contributed by atoms with Crippen LogP contribution < -0.4 is 16.4 Å². The molecule has 0 fully saturated rings. The molecule has 3 rings (SSSR count). The number of benzene rings is 2. The number of nitrogens with two attached hydrogens (primary N) is 1. The van der Waals surface area contributed by atoms with Crippen molar-refractivity contribution in [3.05, 3.63) is 52.3 Å². The summed E-state index contributed by atoms with van der Waals surface area (Å²) in [6, 6.07) is 8.49. The van der Waals surface area contributed by atoms with Crippen LogP contribution in [0.15, 0.2) is 24.3 Å². The summed E-state index contributed by atoms with van der Waals surface area (Å²) < 4.78 is 0. The largest absolute Gasteiger partial charge is 0.399 e. The van der Waals surface area contributed by atoms with Crippen LogP contribution in [0, 0.1) is 20.8 Å². The maximum absolute atomic E-state index is 6.10. The summed E-state index contributed by atoms with van der Waals surface area (Å²) in [4.78, 5) is 9.39. The molecular weight excluding hydrogens is 346 g/mol. The molecule has 0 aliphatic rings. The first-order valence-corrected chi connectivity index (χ1v) is 9.96. The van der Waals surface area contributed by atoms with Crippen LogP contribution in [0.3, 0.4) is 0 Å². The molecule has 0 bridgehead atoms. The van der Waals surface area contributed by atoms with Crippen LogP contribution in [0.1, 0.15) is 54.4 Å². The van der Waals surface area contributed by atoms with Crippen LogP contribution in [0.2, 0.25) is 0 Å². The number of anilines is 3. The molecular formula is C23H31N5. The molecule has 28 heavy (non-hydrogen) atoms. The number of nitrogen functional groups attached to an aromatic ring is 1. The van der Waals surface area contributed by atoms with E-state index in [0.717, 1.165) is 46.8 Å². The van der Waals surface area contributed by atoms with Crippen LogP contribution in [-0.2, 0) is 6.42 Å². The number of aromatic nitrogens is 2. The van der Waals surface area contributed by atoms with Crippen molar-refractivity contribution in [3.8, 4) is 0 Å². The fourth-order valence-electron chi connectivity index (χ4n) is 3.80. The van der Waals surface area contributed by atoms with E-state index in [9.17, 15) is 0 Å². The summed E-state index contributed by atoms with van der Waals surface area (Å²) in [7, 11) is 1.96. The van der Waals surface area contributed by atoms with Crippen molar-refractivity contribution < 1.29 is 0 Å². The second-order valence-corrected chi connectivity index (χ2v) is 7.56. The van der Waals surface area contributed by atoms with Gasteiger partial charge in [-0.25, -0.2) is 9.97 Å². The SMILES string of the molecule is CCCc1cc2nc(C)nc(NC(C)c3cc(N)cc(C)c3C)c2cc1NC. The van der Waals surface area contributed by atoms with Gasteiger partial charge in [-0.2, -0.15) is 0 Å². The summed E-state index contributed by atoms with van der Waals surface area (Å²) in [6.45, 7) is 10.5. The van der Waals surface area contributed by atoms with Gasteiger partial charge >= 0.3 is 0 Å². The predicted octanol–water partition coefficient (Wildman–Crippen LogP) is 5.30. The first-order chi connectivity index (χ1) is 13.3. The van der Waals surface area contributed by atoms with E-state index >= 15 is 0 Å². The third-order valence-corrected chi connectivity index (χ3v) is 5.37. The van der Waals surface area contributed by atoms with E-state index in [1.165, 1.54) is 22.3 Å². The van der Waals surface area contributed by atoms with E-state index in [1.807, 2.05) is 20.0 Å². The lowest BCUT2D eigenvalue weighted by Crippen LogP contribution is -2.12. The minimum absolute atomic E-state index is 0.0769. The molecule has 0 saturated heterocycles. The van der Waals surface area contributed by atoms with Crippen molar-refractivity contribution in [3.63, 3.8) is 0 Å². The quantitative estimate of drug-likeness (QED) is 0.508. The first kappa shape index (κ1) is 19.9. The number of hydrogen-bond acceptors (Lipinski definition) is 5. The van der Waals surface area contributed by atoms with E-state index in [1.54, 1.807) is 0 Å². The lowest BCUT2D eigenvalue weighted by atomic mass is 9.97. The molecule has 1 atom stereocenters. The van der Waals surface area contributed by atoms with Crippen molar-refractivity contribution in [2.24, 2.45) is 0 Å². The number of hydrogen-bond donors (Lipinski definition) is 3. The Morgan fingerprint density at radius 1 is 1.07 bits per heavy atom. The fourth-order valence-corrected chi connectivity index (χ4v) is 3.80. The molecule has 0 spiro atoms. The van der Waals surface area contributed by atoms with Gasteiger partial charge in [-0.15, -0.1) is 0 Å². The number of aryl methyl sites for hydroxylation is 3. The highest BCUT2D eigenvalue weighted by atomic mass is 15.0. The van der Waals surface area contributed by atoms with Crippen LogP contribution in [0.4, 0.5) is 17.2 Å². The van der Waals surface area contributed by atoms with Gasteiger partial charge in [0.1, 0.15) is 11.6 Å². The Hall–Kier alpha value is -2.82. The summed E-state index contributed by atoms with van der Waals surface area (Å²) in [5.74, 6) is 1.62. The van der Waals surface area contributed by atoms with Gasteiger partial charge in [0.05, 0.1) is 11.6 Å². The Labute approximate surface area is 167 Å². The molecule has 148 valence electrons. The number of nitrogens with zero attached hydrogens (tertiary/aromatic N) is 2. The molecule has 1 unspecified atom stereocenters. The van der Waals surface area contributed by atoms with Crippen LogP contribution in [0.25, 0.3) is 10.9 Å². The average Bonchev–Trinajstić information content (AvgIpc) is 2.64. The molecule has 0 radical (unpaired) electrons. The monoisotopic (exact) mass is 377 g/mol. The third kappa shape index (κ3) is 3.88. The van der Waals surface area contributed by atoms with Gasteiger partial charge in [0.15, 0.2) is 0 Å². The molecule has 0 aliphatic heterocycles. The maximum Gasteiger partial charge on any atom is 0.138 e. The predicted molar refractivity (Wildman–Crippen MR) is 120 cm³/mol. The smallest absolute Gasteiger partial charge is 0.138 e. The average molecular weight is 378 g/mol. The van der Waals surface area contributed by atoms with Gasteiger partial charge in [0, 0.05) is 23.8 Å². The zero-order valence-corrected chi connectivity index (χ0v) is 17.8. The van der Waals surface area contributed by atoms with Gasteiger partial charge in [-0.05, 0) is 80.6 Å². The number of fused-ring (bicyclic) bond motifs is 1. The zero-order valence-electron chi connectivity index (χ0n) is 17.8. The van der Waals surface area contributed by atoms with E-state index < -0.39 is 0 Å². The number of nitrogens with one attached hydrogen (secondary N) is 2. The lowest BCUT2D eigenvalue weighted by molar-refractivity contribution is 0.860. The van der Waals surface area contributed by atoms with E-state index in [0.29, 0.717) is 0 Å². The minimum Gasteiger partial charge on any atom is -0.399 e. The highest BCUT2D eigenvalue weighted by molar-refractivity contribution is 5.93. The van der Waals surface area contributed by atoms with E-state index in [4.69, 9.17) is 10.7 Å². The highest BCUT2D eigenvalue weighted by Gasteiger charge is 2.15. The topological polar surface area (TPSA) is 75.9 Å². The number of rotatable bonds is 6. The Balaban J connectivity index is 2.07. The Morgan fingerprint density at radius 3 is 2.50 bits per heavy atom. The molecule has 0 aliphatic carbocycles. The summed E-state index contributed by atoms with van der Waals surface area (Å²) >= 11 is 0. The molecule has 3 aromatic rings. The zero-order chi connectivity index (χ0) is 20.4. The second kappa shape index (κ2) is 8.05. The molecule has 1 heterocycles. The van der Waals surface area contributed by atoms with Gasteiger partial charge < -0.3 is 16.4 Å². The molecule has 1 aromatic heterocycles. The van der Waals surface area contributed by atoms with E-state index in [-0.39, 0.29) is 6.04 Å². The van der Waals surface area contributed by atoms with Crippen LogP contribution in [0.5, 0.6) is 0 Å². The Bertz CT molecular complexity index is 1010. The van der Waals surface area contributed by atoms with Crippen LogP contribution in [-0.4, -0.2) is 17.0 Å². The molecule has 0 amide bonds. The van der Waals surface area contributed by atoms with Gasteiger partial charge in [-0.3, -0.25) is 0 Å². The van der Waals surface area contributed by atoms with Crippen molar-refractivity contribution in [2.75, 3.05) is 23.4 Å². The minimum atomic E-state index is 0.0769. The summed E-state index contributed by atoms with van der Waals surface area (Å²) in [5, 5.41) is 7.96. The van der Waals surface area contributed by atoms with Crippen molar-refractivity contribution in [1.29, 1.82) is 0 Å². The van der Waals surface area contributed by atoms with Crippen molar-refractivity contribution in [1.82, 2.24) is 9.97 Å². The molecule has 5 nitrogen and oxygen atoms in total. The van der Waals surface area contributed by atoms with Crippen molar-refractivity contribution >= 4 is 28.1 Å². The van der Waals surface area contributed by atoms with Gasteiger partial charge in [0.25, 0.3) is 0 Å².